The molecule has 1 aromatic carbocycles. The van der Waals surface area contributed by atoms with Gasteiger partial charge in [-0.25, -0.2) is 4.79 Å². The molecule has 1 aliphatic heterocycles. The van der Waals surface area contributed by atoms with E-state index in [1.807, 2.05) is 0 Å². The highest BCUT2D eigenvalue weighted by Gasteiger charge is 2.43. The molecule has 0 atom stereocenters. The Morgan fingerprint density at radius 3 is 2.57 bits per heavy atom. The van der Waals surface area contributed by atoms with Crippen molar-refractivity contribution in [3.63, 3.8) is 0 Å². The van der Waals surface area contributed by atoms with Crippen LogP contribution in [-0.4, -0.2) is 59.4 Å². The van der Waals surface area contributed by atoms with E-state index in [2.05, 4.69) is 0 Å². The number of rotatable bonds is 5. The van der Waals surface area contributed by atoms with Crippen LogP contribution in [0.3, 0.4) is 0 Å². The van der Waals surface area contributed by atoms with Gasteiger partial charge in [0.1, 0.15) is 23.7 Å². The van der Waals surface area contributed by atoms with Gasteiger partial charge >= 0.3 is 5.97 Å². The first-order valence-electron chi connectivity index (χ1n) is 6.37. The third-order valence-corrected chi connectivity index (χ3v) is 3.32. The first-order valence-corrected chi connectivity index (χ1v) is 6.37. The molecule has 21 heavy (non-hydrogen) atoms. The van der Waals surface area contributed by atoms with Crippen molar-refractivity contribution in [1.82, 2.24) is 4.90 Å². The van der Waals surface area contributed by atoms with Gasteiger partial charge in [-0.05, 0) is 19.1 Å². The monoisotopic (exact) mass is 295 g/mol. The number of methoxy groups -OCH3 is 1. The molecule has 1 amide bonds. The average molecular weight is 295 g/mol. The topological polar surface area (TPSA) is 96.3 Å². The van der Waals surface area contributed by atoms with Crippen LogP contribution >= 0.6 is 0 Å². The summed E-state index contributed by atoms with van der Waals surface area (Å²) < 4.78 is 10.2. The lowest BCUT2D eigenvalue weighted by molar-refractivity contribution is -0.159. The summed E-state index contributed by atoms with van der Waals surface area (Å²) in [6.07, 6.45) is 0. The number of hydrogen-bond acceptors (Lipinski definition) is 5. The number of nitrogens with zero attached hydrogens (tertiary/aromatic N) is 1. The lowest BCUT2D eigenvalue weighted by Crippen LogP contribution is -2.63. The number of aromatic hydroxyl groups is 1. The zero-order valence-electron chi connectivity index (χ0n) is 11.8. The molecule has 0 spiro atoms. The van der Waals surface area contributed by atoms with E-state index >= 15 is 0 Å². The number of ether oxygens (including phenoxy) is 2. The fraction of sp³-hybridized carbons (Fsp3) is 0.429. The minimum atomic E-state index is -1.05. The van der Waals surface area contributed by atoms with Crippen molar-refractivity contribution in [2.45, 2.75) is 12.5 Å². The van der Waals surface area contributed by atoms with Crippen LogP contribution in [-0.2, 0) is 9.53 Å². The van der Waals surface area contributed by atoms with E-state index < -0.39 is 18.2 Å². The first kappa shape index (κ1) is 15.1. The lowest BCUT2D eigenvalue weighted by Gasteiger charge is -2.47. The molecule has 1 fully saturated rings. The molecule has 1 aliphatic rings. The number of hydrogen-bond donors (Lipinski definition) is 2. The molecule has 1 aromatic rings. The van der Waals surface area contributed by atoms with Gasteiger partial charge in [-0.1, -0.05) is 0 Å². The van der Waals surface area contributed by atoms with Crippen LogP contribution in [0.25, 0.3) is 0 Å². The molecular formula is C14H17NO6. The van der Waals surface area contributed by atoms with E-state index in [0.717, 1.165) is 0 Å². The van der Waals surface area contributed by atoms with E-state index in [9.17, 15) is 14.7 Å². The van der Waals surface area contributed by atoms with E-state index in [4.69, 9.17) is 14.6 Å². The highest BCUT2D eigenvalue weighted by molar-refractivity contribution is 5.97. The van der Waals surface area contributed by atoms with Crippen LogP contribution in [0.15, 0.2) is 18.2 Å². The van der Waals surface area contributed by atoms with Gasteiger partial charge < -0.3 is 24.6 Å². The highest BCUT2D eigenvalue weighted by Crippen LogP contribution is 2.30. The van der Waals surface area contributed by atoms with Gasteiger partial charge in [0.2, 0.25) is 0 Å². The molecule has 7 nitrogen and oxygen atoms in total. The number of likely N-dealkylation sites (tertiary alicyclic amines) is 1. The van der Waals surface area contributed by atoms with Crippen molar-refractivity contribution in [3.8, 4) is 11.5 Å². The maximum atomic E-state index is 12.2. The predicted molar refractivity (Wildman–Crippen MR) is 72.6 cm³/mol. The minimum Gasteiger partial charge on any atom is -0.507 e. The number of carbonyl (C=O) groups is 2. The standard InChI is InChI=1S/C14H17NO6/c1-14(21-6-12(17)18)7-15(8-14)13(19)10-4-3-9(20-2)5-11(10)16/h3-5,16H,6-8H2,1-2H3,(H,17,18). The number of carbonyl (C=O) groups excluding carboxylic acids is 1. The van der Waals surface area contributed by atoms with Crippen molar-refractivity contribution in [1.29, 1.82) is 0 Å². The van der Waals surface area contributed by atoms with E-state index in [-0.39, 0.29) is 30.3 Å². The van der Waals surface area contributed by atoms with Crippen molar-refractivity contribution < 1.29 is 29.3 Å². The average Bonchev–Trinajstić information content (AvgIpc) is 2.41. The van der Waals surface area contributed by atoms with Crippen molar-refractivity contribution in [2.24, 2.45) is 0 Å². The second-order valence-corrected chi connectivity index (χ2v) is 5.18. The molecule has 2 rings (SSSR count). The summed E-state index contributed by atoms with van der Waals surface area (Å²) in [5.41, 5.74) is -0.480. The molecule has 2 N–H and O–H groups in total. The molecule has 0 unspecified atom stereocenters. The largest absolute Gasteiger partial charge is 0.507 e. The summed E-state index contributed by atoms with van der Waals surface area (Å²) >= 11 is 0. The van der Waals surface area contributed by atoms with Gasteiger partial charge in [-0.2, -0.15) is 0 Å². The van der Waals surface area contributed by atoms with Crippen molar-refractivity contribution in [3.05, 3.63) is 23.8 Å². The second-order valence-electron chi connectivity index (χ2n) is 5.18. The Labute approximate surface area is 121 Å². The highest BCUT2D eigenvalue weighted by atomic mass is 16.5. The molecule has 7 heteroatoms. The third-order valence-electron chi connectivity index (χ3n) is 3.32. The van der Waals surface area contributed by atoms with Crippen molar-refractivity contribution in [2.75, 3.05) is 26.8 Å². The number of phenols is 1. The number of phenolic OH excluding ortho intramolecular Hbond substituents is 1. The zero-order chi connectivity index (χ0) is 15.6. The molecule has 0 radical (unpaired) electrons. The van der Waals surface area contributed by atoms with Crippen molar-refractivity contribution >= 4 is 11.9 Å². The van der Waals surface area contributed by atoms with E-state index in [1.165, 1.54) is 24.1 Å². The molecule has 0 aliphatic carbocycles. The lowest BCUT2D eigenvalue weighted by atomic mass is 9.95. The molecule has 0 saturated carbocycles. The van der Waals surface area contributed by atoms with Gasteiger partial charge in [0, 0.05) is 6.07 Å². The normalized spacial score (nSPS) is 16.2. The Morgan fingerprint density at radius 2 is 2.05 bits per heavy atom. The predicted octanol–water partition coefficient (Wildman–Crippen LogP) is 0.716. The van der Waals surface area contributed by atoms with Gasteiger partial charge in [-0.3, -0.25) is 4.79 Å². The summed E-state index contributed by atoms with van der Waals surface area (Å²) in [5, 5.41) is 18.4. The number of benzene rings is 1. The number of carboxylic acids is 1. The summed E-state index contributed by atoms with van der Waals surface area (Å²) in [5.74, 6) is -1.07. The molecule has 0 aromatic heterocycles. The van der Waals surface area contributed by atoms with Crippen LogP contribution in [0.1, 0.15) is 17.3 Å². The molecular weight excluding hydrogens is 278 g/mol. The van der Waals surface area contributed by atoms with Crippen LogP contribution in [0, 0.1) is 0 Å². The Balaban J connectivity index is 1.99. The van der Waals surface area contributed by atoms with Crippen LogP contribution in [0.4, 0.5) is 0 Å². The van der Waals surface area contributed by atoms with Gasteiger partial charge in [-0.15, -0.1) is 0 Å². The van der Waals surface area contributed by atoms with E-state index in [0.29, 0.717) is 5.75 Å². The van der Waals surface area contributed by atoms with Gasteiger partial charge in [0.25, 0.3) is 5.91 Å². The summed E-state index contributed by atoms with van der Waals surface area (Å²) in [7, 11) is 1.47. The maximum Gasteiger partial charge on any atom is 0.329 e. The van der Waals surface area contributed by atoms with Crippen LogP contribution in [0.2, 0.25) is 0 Å². The smallest absolute Gasteiger partial charge is 0.329 e. The Kier molecular flexibility index (Phi) is 4.04. The van der Waals surface area contributed by atoms with Crippen LogP contribution in [0.5, 0.6) is 11.5 Å². The molecule has 114 valence electrons. The third kappa shape index (κ3) is 3.25. The number of carboxylic acid groups (broad SMARTS) is 1. The SMILES string of the molecule is COc1ccc(C(=O)N2CC(C)(OCC(=O)O)C2)c(O)c1. The van der Waals surface area contributed by atoms with Gasteiger partial charge in [0.15, 0.2) is 0 Å². The van der Waals surface area contributed by atoms with Gasteiger partial charge in [0.05, 0.1) is 25.8 Å². The number of aliphatic carboxylic acids is 1. The first-order chi connectivity index (χ1) is 9.84. The molecule has 1 heterocycles. The maximum absolute atomic E-state index is 12.2. The summed E-state index contributed by atoms with van der Waals surface area (Å²) in [6.45, 7) is 1.91. The van der Waals surface area contributed by atoms with E-state index in [1.54, 1.807) is 13.0 Å². The fourth-order valence-electron chi connectivity index (χ4n) is 2.22. The molecule has 1 saturated heterocycles. The molecule has 0 bridgehead atoms. The zero-order valence-corrected chi connectivity index (χ0v) is 11.8. The Hall–Kier alpha value is -2.28. The summed E-state index contributed by atoms with van der Waals surface area (Å²) in [6, 6.07) is 4.45. The second kappa shape index (κ2) is 5.61. The Morgan fingerprint density at radius 1 is 1.38 bits per heavy atom. The summed E-state index contributed by atoms with van der Waals surface area (Å²) in [4.78, 5) is 24.2. The minimum absolute atomic E-state index is 0.153. The Bertz CT molecular complexity index is 565. The van der Waals surface area contributed by atoms with Crippen LogP contribution < -0.4 is 4.74 Å². The number of amides is 1. The fourth-order valence-corrected chi connectivity index (χ4v) is 2.22. The quantitative estimate of drug-likeness (QED) is 0.830.